The molecule has 1 aromatic rings. The third-order valence-electron chi connectivity index (χ3n) is 2.23. The number of aliphatic hydroxyl groups excluding tert-OH is 1. The first kappa shape index (κ1) is 15.6. The second-order valence-corrected chi connectivity index (χ2v) is 3.81. The van der Waals surface area contributed by atoms with Crippen LogP contribution in [-0.4, -0.2) is 31.8 Å². The van der Waals surface area contributed by atoms with Crippen molar-refractivity contribution in [1.82, 2.24) is 0 Å². The highest BCUT2D eigenvalue weighted by molar-refractivity contribution is 5.43. The third-order valence-corrected chi connectivity index (χ3v) is 2.23. The van der Waals surface area contributed by atoms with Gasteiger partial charge < -0.3 is 19.3 Å². The summed E-state index contributed by atoms with van der Waals surface area (Å²) in [4.78, 5) is 0. The van der Waals surface area contributed by atoms with Gasteiger partial charge in [0.25, 0.3) is 0 Å². The normalized spacial score (nSPS) is 13.2. The zero-order valence-corrected chi connectivity index (χ0v) is 10.5. The lowest BCUT2D eigenvalue weighted by Crippen LogP contribution is -2.19. The topological polar surface area (TPSA) is 47.9 Å². The number of alkyl halides is 3. The van der Waals surface area contributed by atoms with Gasteiger partial charge in [0, 0.05) is 0 Å². The summed E-state index contributed by atoms with van der Waals surface area (Å²) in [5, 5.41) is 9.39. The van der Waals surface area contributed by atoms with E-state index in [9.17, 15) is 18.3 Å². The quantitative estimate of drug-likeness (QED) is 0.643. The third kappa shape index (κ3) is 5.35. The van der Waals surface area contributed by atoms with Gasteiger partial charge in [0.1, 0.15) is 6.61 Å². The minimum atomic E-state index is -4.39. The number of hydrogen-bond acceptors (Lipinski definition) is 4. The molecule has 1 N–H and O–H groups in total. The highest BCUT2D eigenvalue weighted by atomic mass is 19.4. The summed E-state index contributed by atoms with van der Waals surface area (Å²) < 4.78 is 49.9. The van der Waals surface area contributed by atoms with E-state index >= 15 is 0 Å². The molecule has 1 aromatic carbocycles. The Morgan fingerprint density at radius 2 is 1.95 bits per heavy atom. The number of hydrogen-bond donors (Lipinski definition) is 1. The molecule has 0 saturated carbocycles. The molecule has 0 spiro atoms. The standard InChI is InChI=1S/C12H15F3O4/c1-8(16)9-3-4-10(11(5-9)17-2)19-7-18-6-12(13,14)15/h3-5,8,16H,6-7H2,1-2H3/t8-/m0/s1. The molecule has 0 aromatic heterocycles. The molecule has 0 radical (unpaired) electrons. The van der Waals surface area contributed by atoms with E-state index in [1.165, 1.54) is 13.2 Å². The molecule has 19 heavy (non-hydrogen) atoms. The molecule has 0 saturated heterocycles. The molecule has 0 aliphatic heterocycles. The highest BCUT2D eigenvalue weighted by Crippen LogP contribution is 2.30. The fourth-order valence-electron chi connectivity index (χ4n) is 1.33. The molecule has 0 aliphatic rings. The average Bonchev–Trinajstić information content (AvgIpc) is 2.33. The maximum absolute atomic E-state index is 11.8. The largest absolute Gasteiger partial charge is 0.493 e. The van der Waals surface area contributed by atoms with Crippen LogP contribution in [0.25, 0.3) is 0 Å². The van der Waals surface area contributed by atoms with Crippen LogP contribution >= 0.6 is 0 Å². The summed E-state index contributed by atoms with van der Waals surface area (Å²) >= 11 is 0. The van der Waals surface area contributed by atoms with E-state index in [2.05, 4.69) is 4.74 Å². The number of ether oxygens (including phenoxy) is 3. The molecule has 0 aliphatic carbocycles. The molecule has 4 nitrogen and oxygen atoms in total. The SMILES string of the molecule is COc1cc([C@H](C)O)ccc1OCOCC(F)(F)F. The Balaban J connectivity index is 2.58. The molecular weight excluding hydrogens is 265 g/mol. The summed E-state index contributed by atoms with van der Waals surface area (Å²) in [6.45, 7) is -0.327. The van der Waals surface area contributed by atoms with Crippen molar-refractivity contribution in [3.63, 3.8) is 0 Å². The summed E-state index contributed by atoms with van der Waals surface area (Å²) in [5.41, 5.74) is 0.611. The summed E-state index contributed by atoms with van der Waals surface area (Å²) in [6.07, 6.45) is -5.06. The van der Waals surface area contributed by atoms with Gasteiger partial charge in [-0.15, -0.1) is 0 Å². The molecule has 0 heterocycles. The van der Waals surface area contributed by atoms with Crippen molar-refractivity contribution in [1.29, 1.82) is 0 Å². The van der Waals surface area contributed by atoms with E-state index in [0.717, 1.165) is 0 Å². The second kappa shape index (κ2) is 6.63. The van der Waals surface area contributed by atoms with Crippen molar-refractivity contribution < 1.29 is 32.5 Å². The monoisotopic (exact) mass is 280 g/mol. The maximum atomic E-state index is 11.8. The van der Waals surface area contributed by atoms with Crippen LogP contribution in [0.3, 0.4) is 0 Å². The summed E-state index contributed by atoms with van der Waals surface area (Å²) in [7, 11) is 1.39. The van der Waals surface area contributed by atoms with E-state index in [-0.39, 0.29) is 5.75 Å². The predicted octanol–water partition coefficient (Wildman–Crippen LogP) is 2.66. The van der Waals surface area contributed by atoms with Crippen molar-refractivity contribution >= 4 is 0 Å². The fraction of sp³-hybridized carbons (Fsp3) is 0.500. The van der Waals surface area contributed by atoms with Crippen molar-refractivity contribution in [2.75, 3.05) is 20.5 Å². The molecular formula is C12H15F3O4. The minimum Gasteiger partial charge on any atom is -0.493 e. The Kier molecular flexibility index (Phi) is 5.44. The van der Waals surface area contributed by atoms with E-state index in [0.29, 0.717) is 11.3 Å². The van der Waals surface area contributed by atoms with E-state index in [4.69, 9.17) is 9.47 Å². The van der Waals surface area contributed by atoms with Gasteiger partial charge in [0.15, 0.2) is 18.3 Å². The molecule has 0 amide bonds. The Bertz CT molecular complexity index is 404. The summed E-state index contributed by atoms with van der Waals surface area (Å²) in [6, 6.07) is 4.63. The van der Waals surface area contributed by atoms with Crippen LogP contribution < -0.4 is 9.47 Å². The molecule has 0 unspecified atom stereocenters. The predicted molar refractivity (Wildman–Crippen MR) is 61.1 cm³/mol. The molecule has 108 valence electrons. The Morgan fingerprint density at radius 1 is 1.26 bits per heavy atom. The van der Waals surface area contributed by atoms with Gasteiger partial charge in [-0.3, -0.25) is 0 Å². The van der Waals surface area contributed by atoms with Gasteiger partial charge in [-0.1, -0.05) is 6.07 Å². The smallest absolute Gasteiger partial charge is 0.411 e. The average molecular weight is 280 g/mol. The lowest BCUT2D eigenvalue weighted by atomic mass is 10.1. The van der Waals surface area contributed by atoms with Gasteiger partial charge in [0.2, 0.25) is 0 Å². The lowest BCUT2D eigenvalue weighted by Gasteiger charge is -2.14. The fourth-order valence-corrected chi connectivity index (χ4v) is 1.33. The first-order chi connectivity index (χ1) is 8.83. The van der Waals surface area contributed by atoms with Gasteiger partial charge in [-0.25, -0.2) is 0 Å². The lowest BCUT2D eigenvalue weighted by molar-refractivity contribution is -0.186. The number of rotatable bonds is 6. The van der Waals surface area contributed by atoms with E-state index in [1.54, 1.807) is 19.1 Å². The van der Waals surface area contributed by atoms with Crippen molar-refractivity contribution in [3.8, 4) is 11.5 Å². The highest BCUT2D eigenvalue weighted by Gasteiger charge is 2.27. The molecule has 0 fully saturated rings. The number of halogens is 3. The molecule has 0 bridgehead atoms. The zero-order chi connectivity index (χ0) is 14.5. The zero-order valence-electron chi connectivity index (χ0n) is 10.5. The maximum Gasteiger partial charge on any atom is 0.411 e. The molecule has 7 heteroatoms. The first-order valence-electron chi connectivity index (χ1n) is 5.47. The second-order valence-electron chi connectivity index (χ2n) is 3.81. The number of benzene rings is 1. The van der Waals surface area contributed by atoms with Crippen LogP contribution in [0.15, 0.2) is 18.2 Å². The van der Waals surface area contributed by atoms with Crippen LogP contribution in [0.1, 0.15) is 18.6 Å². The van der Waals surface area contributed by atoms with Crippen LogP contribution in [0, 0.1) is 0 Å². The van der Waals surface area contributed by atoms with Crippen LogP contribution in [0.4, 0.5) is 13.2 Å². The van der Waals surface area contributed by atoms with Crippen molar-refractivity contribution in [2.24, 2.45) is 0 Å². The van der Waals surface area contributed by atoms with Crippen LogP contribution in [0.5, 0.6) is 11.5 Å². The van der Waals surface area contributed by atoms with Gasteiger partial charge in [0.05, 0.1) is 13.2 Å². The number of methoxy groups -OCH3 is 1. The van der Waals surface area contributed by atoms with E-state index in [1.807, 2.05) is 0 Å². The summed E-state index contributed by atoms with van der Waals surface area (Å²) in [5.74, 6) is 0.558. The first-order valence-corrected chi connectivity index (χ1v) is 5.47. The minimum absolute atomic E-state index is 0.245. The Labute approximate surface area is 108 Å². The van der Waals surface area contributed by atoms with Gasteiger partial charge in [-0.2, -0.15) is 13.2 Å². The van der Waals surface area contributed by atoms with Crippen LogP contribution in [0.2, 0.25) is 0 Å². The van der Waals surface area contributed by atoms with Crippen LogP contribution in [-0.2, 0) is 4.74 Å². The Morgan fingerprint density at radius 3 is 2.47 bits per heavy atom. The molecule has 1 atom stereocenters. The molecule has 1 rings (SSSR count). The number of aliphatic hydroxyl groups is 1. The van der Waals surface area contributed by atoms with E-state index < -0.39 is 25.7 Å². The van der Waals surface area contributed by atoms with Gasteiger partial charge in [-0.05, 0) is 24.6 Å². The van der Waals surface area contributed by atoms with Crippen molar-refractivity contribution in [2.45, 2.75) is 19.2 Å². The Hall–Kier alpha value is -1.47. The van der Waals surface area contributed by atoms with Gasteiger partial charge >= 0.3 is 6.18 Å². The van der Waals surface area contributed by atoms with Crippen molar-refractivity contribution in [3.05, 3.63) is 23.8 Å².